The van der Waals surface area contributed by atoms with E-state index < -0.39 is 8.32 Å². The third kappa shape index (κ3) is 8.17. The fraction of sp³-hybridized carbons (Fsp3) is 0.481. The minimum atomic E-state index is -2.08. The molecule has 1 atom stereocenters. The third-order valence-corrected chi connectivity index (χ3v) is 13.9. The summed E-state index contributed by atoms with van der Waals surface area (Å²) in [5, 5.41) is 5.51. The molecule has 3 rings (SSSR count). The predicted octanol–water partition coefficient (Wildman–Crippen LogP) is 7.86. The molecule has 1 unspecified atom stereocenters. The highest BCUT2D eigenvalue weighted by Gasteiger charge is 2.39. The largest absolute Gasteiger partial charge is 0.465 e. The van der Waals surface area contributed by atoms with Crippen LogP contribution in [0.15, 0.2) is 46.4 Å². The van der Waals surface area contributed by atoms with Crippen LogP contribution in [0.4, 0.5) is 9.18 Å². The number of nitrogens with zero attached hydrogens (tertiary/aromatic N) is 2. The van der Waals surface area contributed by atoms with Gasteiger partial charge in [-0.05, 0) is 93.9 Å². The molecule has 2 aromatic rings. The van der Waals surface area contributed by atoms with Crippen molar-refractivity contribution < 1.29 is 23.1 Å². The van der Waals surface area contributed by atoms with E-state index in [2.05, 4.69) is 49.8 Å². The van der Waals surface area contributed by atoms with E-state index in [0.29, 0.717) is 41.7 Å². The molecule has 208 valence electrons. The number of carbonyl (C=O) groups excluding carboxylic acids is 2. The molecule has 38 heavy (non-hydrogen) atoms. The van der Waals surface area contributed by atoms with Crippen molar-refractivity contribution in [3.63, 3.8) is 0 Å². The molecule has 0 N–H and O–H groups in total. The zero-order valence-electron chi connectivity index (χ0n) is 22.8. The summed E-state index contributed by atoms with van der Waals surface area (Å²) in [6, 6.07) is 8.76. The van der Waals surface area contributed by atoms with E-state index in [9.17, 15) is 14.0 Å². The van der Waals surface area contributed by atoms with Gasteiger partial charge in [0.25, 0.3) is 0 Å². The van der Waals surface area contributed by atoms with Crippen LogP contribution in [0.1, 0.15) is 47.3 Å². The average Bonchev–Trinajstić information content (AvgIpc) is 3.32. The molecule has 6 nitrogen and oxygen atoms in total. The van der Waals surface area contributed by atoms with Crippen molar-refractivity contribution in [1.82, 2.24) is 10.0 Å². The maximum atomic E-state index is 13.8. The number of thiophene rings is 1. The normalized spacial score (nSPS) is 15.2. The van der Waals surface area contributed by atoms with Gasteiger partial charge < -0.3 is 9.16 Å². The molecule has 1 aromatic heterocycles. The Balaban J connectivity index is 1.72. The van der Waals surface area contributed by atoms with Gasteiger partial charge in [-0.15, -0.1) is 11.3 Å². The van der Waals surface area contributed by atoms with E-state index in [1.54, 1.807) is 22.5 Å². The summed E-state index contributed by atoms with van der Waals surface area (Å²) in [5.74, 6) is -0.637. The van der Waals surface area contributed by atoms with Crippen LogP contribution in [-0.4, -0.2) is 55.8 Å². The Bertz CT molecular complexity index is 1170. The number of rotatable bonds is 11. The molecule has 0 radical (unpaired) electrons. The number of esters is 1. The molecule has 1 aliphatic rings. The zero-order valence-corrected chi connectivity index (χ0v) is 27.0. The number of thioether (sulfide) groups is 1. The lowest BCUT2D eigenvalue weighted by atomic mass is 10.1. The van der Waals surface area contributed by atoms with E-state index in [0.717, 1.165) is 22.2 Å². The number of amides is 1. The minimum absolute atomic E-state index is 0.0402. The molecule has 0 aliphatic carbocycles. The molecular weight excluding hydrogens is 607 g/mol. The summed E-state index contributed by atoms with van der Waals surface area (Å²) in [6.07, 6.45) is 3.82. The van der Waals surface area contributed by atoms with Gasteiger partial charge >= 0.3 is 11.2 Å². The highest BCUT2D eigenvalue weighted by atomic mass is 79.9. The number of halogens is 2. The number of hydrogen-bond donors (Lipinski definition) is 0. The molecule has 1 amide bonds. The molecular formula is C27H36BrFN2O4S2Si. The minimum Gasteiger partial charge on any atom is -0.465 e. The molecule has 0 bridgehead atoms. The number of hydrogen-bond acceptors (Lipinski definition) is 7. The van der Waals surface area contributed by atoms with E-state index in [1.807, 2.05) is 23.3 Å². The summed E-state index contributed by atoms with van der Waals surface area (Å²) in [7, 11) is -0.709. The lowest BCUT2D eigenvalue weighted by Gasteiger charge is -2.41. The van der Waals surface area contributed by atoms with Crippen molar-refractivity contribution in [1.29, 1.82) is 0 Å². The highest BCUT2D eigenvalue weighted by Crippen LogP contribution is 2.38. The lowest BCUT2D eigenvalue weighted by molar-refractivity contribution is 0.0566. The van der Waals surface area contributed by atoms with Gasteiger partial charge in [-0.2, -0.15) is 0 Å². The molecule has 0 fully saturated rings. The lowest BCUT2D eigenvalue weighted by Crippen LogP contribution is -2.47. The SMILES string of the molecule is COC(=O)c1ccc(CCN2C(=O)SC=CN2CCC(Cc2ccc(F)c(Br)c2)O[Si](C)(C)C(C)(C)C)s1. The van der Waals surface area contributed by atoms with Crippen molar-refractivity contribution >= 4 is 58.6 Å². The van der Waals surface area contributed by atoms with Crippen LogP contribution in [-0.2, 0) is 22.0 Å². The Morgan fingerprint density at radius 2 is 1.92 bits per heavy atom. The van der Waals surface area contributed by atoms with Crippen LogP contribution >= 0.6 is 39.0 Å². The smallest absolute Gasteiger partial charge is 0.348 e. The van der Waals surface area contributed by atoms with Gasteiger partial charge in [-0.25, -0.2) is 14.2 Å². The Kier molecular flexibility index (Phi) is 10.7. The first kappa shape index (κ1) is 30.9. The van der Waals surface area contributed by atoms with Gasteiger partial charge in [0, 0.05) is 30.6 Å². The zero-order chi connectivity index (χ0) is 28.1. The summed E-state index contributed by atoms with van der Waals surface area (Å²) >= 11 is 5.85. The molecule has 11 heteroatoms. The summed E-state index contributed by atoms with van der Waals surface area (Å²) in [5.41, 5.74) is 0.999. The topological polar surface area (TPSA) is 59.1 Å². The van der Waals surface area contributed by atoms with Gasteiger partial charge in [-0.1, -0.05) is 26.8 Å². The molecule has 2 heterocycles. The Labute approximate surface area is 242 Å². The first-order chi connectivity index (χ1) is 17.8. The van der Waals surface area contributed by atoms with Crippen LogP contribution in [0.25, 0.3) is 0 Å². The average molecular weight is 644 g/mol. The number of benzene rings is 1. The van der Waals surface area contributed by atoms with Crippen molar-refractivity contribution in [2.75, 3.05) is 20.2 Å². The number of ether oxygens (including phenoxy) is 1. The third-order valence-electron chi connectivity index (χ3n) is 6.94. The molecule has 1 aliphatic heterocycles. The fourth-order valence-corrected chi connectivity index (χ4v) is 7.13. The second-order valence-corrected chi connectivity index (χ2v) is 18.3. The summed E-state index contributed by atoms with van der Waals surface area (Å²) in [4.78, 5) is 26.2. The second-order valence-electron chi connectivity index (χ2n) is 10.7. The molecule has 0 saturated carbocycles. The van der Waals surface area contributed by atoms with Gasteiger partial charge in [0.15, 0.2) is 8.32 Å². The van der Waals surface area contributed by atoms with Crippen molar-refractivity contribution in [3.8, 4) is 0 Å². The molecule has 0 saturated heterocycles. The fourth-order valence-electron chi connectivity index (χ4n) is 3.76. The number of methoxy groups -OCH3 is 1. The number of carbonyl (C=O) groups is 2. The van der Waals surface area contributed by atoms with Crippen LogP contribution in [0.5, 0.6) is 0 Å². The van der Waals surface area contributed by atoms with Crippen molar-refractivity contribution in [2.45, 2.75) is 64.3 Å². The number of hydrazine groups is 1. The van der Waals surface area contributed by atoms with Crippen LogP contribution in [0.2, 0.25) is 18.1 Å². The van der Waals surface area contributed by atoms with Crippen LogP contribution < -0.4 is 0 Å². The predicted molar refractivity (Wildman–Crippen MR) is 159 cm³/mol. The summed E-state index contributed by atoms with van der Waals surface area (Å²) in [6.45, 7) is 12.2. The van der Waals surface area contributed by atoms with Gasteiger partial charge in [-0.3, -0.25) is 9.80 Å². The van der Waals surface area contributed by atoms with Crippen LogP contribution in [0, 0.1) is 5.82 Å². The van der Waals surface area contributed by atoms with Gasteiger partial charge in [0.05, 0.1) is 17.7 Å². The maximum absolute atomic E-state index is 13.8. The monoisotopic (exact) mass is 642 g/mol. The standard InChI is InChI=1S/C27H36BrFN2O4S2Si/c1-27(2,3)38(5,6)35-20(17-19-7-9-23(29)22(28)18-19)11-13-30-15-16-36-26(33)31(30)14-12-21-8-10-24(37-21)25(32)34-4/h7-10,15-16,18,20H,11-14,17H2,1-6H3. The first-order valence-electron chi connectivity index (χ1n) is 12.5. The highest BCUT2D eigenvalue weighted by molar-refractivity contribution is 9.10. The van der Waals surface area contributed by atoms with Crippen molar-refractivity contribution in [2.24, 2.45) is 0 Å². The van der Waals surface area contributed by atoms with Gasteiger partial charge in [0.2, 0.25) is 0 Å². The van der Waals surface area contributed by atoms with Crippen molar-refractivity contribution in [3.05, 3.63) is 67.5 Å². The maximum Gasteiger partial charge on any atom is 0.348 e. The van der Waals surface area contributed by atoms with E-state index in [4.69, 9.17) is 9.16 Å². The first-order valence-corrected chi connectivity index (χ1v) is 17.9. The Hall–Kier alpha value is -1.66. The van der Waals surface area contributed by atoms with Gasteiger partial charge in [0.1, 0.15) is 10.7 Å². The van der Waals surface area contributed by atoms with E-state index in [1.165, 1.54) is 24.5 Å². The molecule has 0 spiro atoms. The van der Waals surface area contributed by atoms with E-state index >= 15 is 0 Å². The Morgan fingerprint density at radius 3 is 2.58 bits per heavy atom. The Morgan fingerprint density at radius 1 is 1.18 bits per heavy atom. The second kappa shape index (κ2) is 13.1. The quantitative estimate of drug-likeness (QED) is 0.184. The van der Waals surface area contributed by atoms with Crippen LogP contribution in [0.3, 0.4) is 0 Å². The summed E-state index contributed by atoms with van der Waals surface area (Å²) < 4.78 is 25.9. The molecule has 1 aromatic carbocycles. The van der Waals surface area contributed by atoms with E-state index in [-0.39, 0.29) is 28.2 Å².